The molecule has 0 bridgehead atoms. The highest BCUT2D eigenvalue weighted by Crippen LogP contribution is 2.29. The van der Waals surface area contributed by atoms with Gasteiger partial charge in [0.25, 0.3) is 0 Å². The van der Waals surface area contributed by atoms with E-state index in [2.05, 4.69) is 5.32 Å². The Hall–Kier alpha value is -1.94. The van der Waals surface area contributed by atoms with E-state index in [4.69, 9.17) is 22.1 Å². The van der Waals surface area contributed by atoms with Crippen LogP contribution in [-0.2, 0) is 0 Å². The number of hydrogen-bond acceptors (Lipinski definition) is 3. The molecule has 0 aliphatic heterocycles. The zero-order valence-electron chi connectivity index (χ0n) is 9.71. The molecular formula is C13H12ClFN2O. The highest BCUT2D eigenvalue weighted by molar-refractivity contribution is 6.30. The van der Waals surface area contributed by atoms with Crippen LogP contribution in [0.3, 0.4) is 0 Å². The van der Waals surface area contributed by atoms with E-state index in [0.29, 0.717) is 27.8 Å². The lowest BCUT2D eigenvalue weighted by molar-refractivity contribution is 0.415. The van der Waals surface area contributed by atoms with Crippen LogP contribution in [0.2, 0.25) is 5.02 Å². The monoisotopic (exact) mass is 266 g/mol. The van der Waals surface area contributed by atoms with E-state index >= 15 is 0 Å². The van der Waals surface area contributed by atoms with Crippen molar-refractivity contribution in [2.24, 2.45) is 0 Å². The summed E-state index contributed by atoms with van der Waals surface area (Å²) in [7, 11) is 1.56. The number of ether oxygens (including phenoxy) is 1. The Balaban J connectivity index is 2.28. The molecule has 0 aliphatic rings. The smallest absolute Gasteiger partial charge is 0.148 e. The Bertz CT molecular complexity index is 575. The molecule has 0 amide bonds. The van der Waals surface area contributed by atoms with Crippen molar-refractivity contribution >= 4 is 28.7 Å². The van der Waals surface area contributed by atoms with Crippen molar-refractivity contribution in [1.29, 1.82) is 0 Å². The molecule has 0 aliphatic carbocycles. The fourth-order valence-electron chi connectivity index (χ4n) is 1.52. The minimum Gasteiger partial charge on any atom is -0.497 e. The summed E-state index contributed by atoms with van der Waals surface area (Å²) < 4.78 is 18.6. The summed E-state index contributed by atoms with van der Waals surface area (Å²) in [5.41, 5.74) is 7.23. The molecular weight excluding hydrogens is 255 g/mol. The molecule has 0 atom stereocenters. The standard InChI is InChI=1S/C13H12ClFN2O/c1-18-9-3-5-13(11(16)7-9)17-12-4-2-8(14)6-10(12)15/h2-7,17H,16H2,1H3. The first-order chi connectivity index (χ1) is 8.60. The number of nitrogen functional groups attached to an aromatic ring is 1. The quantitative estimate of drug-likeness (QED) is 0.831. The summed E-state index contributed by atoms with van der Waals surface area (Å²) in [6.07, 6.45) is 0. The molecule has 3 N–H and O–H groups in total. The second-order valence-electron chi connectivity index (χ2n) is 3.70. The van der Waals surface area contributed by atoms with Crippen LogP contribution in [-0.4, -0.2) is 7.11 Å². The third-order valence-corrected chi connectivity index (χ3v) is 2.69. The van der Waals surface area contributed by atoms with Crippen LogP contribution in [0.15, 0.2) is 36.4 Å². The lowest BCUT2D eigenvalue weighted by Crippen LogP contribution is -1.98. The first kappa shape index (κ1) is 12.5. The summed E-state index contributed by atoms with van der Waals surface area (Å²) in [6, 6.07) is 9.53. The molecule has 2 rings (SSSR count). The van der Waals surface area contributed by atoms with Crippen LogP contribution in [0, 0.1) is 5.82 Å². The molecule has 0 fully saturated rings. The molecule has 0 spiro atoms. The number of rotatable bonds is 3. The van der Waals surface area contributed by atoms with Crippen molar-refractivity contribution < 1.29 is 9.13 Å². The maximum absolute atomic E-state index is 13.6. The van der Waals surface area contributed by atoms with Crippen LogP contribution in [0.1, 0.15) is 0 Å². The molecule has 0 unspecified atom stereocenters. The van der Waals surface area contributed by atoms with Crippen molar-refractivity contribution in [2.45, 2.75) is 0 Å². The Morgan fingerprint density at radius 2 is 1.89 bits per heavy atom. The van der Waals surface area contributed by atoms with Crippen molar-refractivity contribution in [3.05, 3.63) is 47.2 Å². The van der Waals surface area contributed by atoms with Gasteiger partial charge < -0.3 is 15.8 Å². The van der Waals surface area contributed by atoms with Gasteiger partial charge in [-0.15, -0.1) is 0 Å². The minimum atomic E-state index is -0.433. The second kappa shape index (κ2) is 5.14. The van der Waals surface area contributed by atoms with E-state index in [9.17, 15) is 4.39 Å². The lowest BCUT2D eigenvalue weighted by atomic mass is 10.2. The first-order valence-electron chi connectivity index (χ1n) is 5.26. The van der Waals surface area contributed by atoms with Gasteiger partial charge in [-0.25, -0.2) is 4.39 Å². The Morgan fingerprint density at radius 3 is 2.50 bits per heavy atom. The maximum Gasteiger partial charge on any atom is 0.148 e. The largest absolute Gasteiger partial charge is 0.497 e. The van der Waals surface area contributed by atoms with Gasteiger partial charge in [-0.1, -0.05) is 11.6 Å². The lowest BCUT2D eigenvalue weighted by Gasteiger charge is -2.11. The number of nitrogens with one attached hydrogen (secondary N) is 1. The Morgan fingerprint density at radius 1 is 1.17 bits per heavy atom. The number of methoxy groups -OCH3 is 1. The molecule has 3 nitrogen and oxygen atoms in total. The molecule has 0 saturated carbocycles. The average Bonchev–Trinajstić information content (AvgIpc) is 2.34. The second-order valence-corrected chi connectivity index (χ2v) is 4.14. The summed E-state index contributed by atoms with van der Waals surface area (Å²) in [5.74, 6) is 0.215. The topological polar surface area (TPSA) is 47.3 Å². The number of hydrogen-bond donors (Lipinski definition) is 2. The van der Waals surface area contributed by atoms with Crippen LogP contribution in [0.4, 0.5) is 21.5 Å². The van der Waals surface area contributed by atoms with Gasteiger partial charge in [-0.2, -0.15) is 0 Å². The van der Waals surface area contributed by atoms with Gasteiger partial charge in [0.15, 0.2) is 0 Å². The van der Waals surface area contributed by atoms with E-state index in [1.54, 1.807) is 37.4 Å². The Labute approximate surface area is 109 Å². The number of anilines is 3. The van der Waals surface area contributed by atoms with E-state index in [1.165, 1.54) is 6.07 Å². The number of nitrogens with two attached hydrogens (primary N) is 1. The SMILES string of the molecule is COc1ccc(Nc2ccc(Cl)cc2F)c(N)c1. The Kier molecular flexibility index (Phi) is 3.58. The van der Waals surface area contributed by atoms with Crippen molar-refractivity contribution in [3.8, 4) is 5.75 Å². The van der Waals surface area contributed by atoms with Crippen molar-refractivity contribution in [1.82, 2.24) is 0 Å². The van der Waals surface area contributed by atoms with E-state index < -0.39 is 5.82 Å². The fourth-order valence-corrected chi connectivity index (χ4v) is 1.68. The van der Waals surface area contributed by atoms with Crippen LogP contribution >= 0.6 is 11.6 Å². The number of benzene rings is 2. The minimum absolute atomic E-state index is 0.316. The third-order valence-electron chi connectivity index (χ3n) is 2.46. The molecule has 2 aromatic rings. The zero-order valence-corrected chi connectivity index (χ0v) is 10.5. The molecule has 0 heterocycles. The molecule has 0 saturated heterocycles. The average molecular weight is 267 g/mol. The summed E-state index contributed by atoms with van der Waals surface area (Å²) in [6.45, 7) is 0. The van der Waals surface area contributed by atoms with Gasteiger partial charge >= 0.3 is 0 Å². The molecule has 0 radical (unpaired) electrons. The van der Waals surface area contributed by atoms with Gasteiger partial charge in [-0.3, -0.25) is 0 Å². The summed E-state index contributed by atoms with van der Waals surface area (Å²) >= 11 is 5.68. The zero-order chi connectivity index (χ0) is 13.1. The van der Waals surface area contributed by atoms with Crippen LogP contribution in [0.25, 0.3) is 0 Å². The van der Waals surface area contributed by atoms with Gasteiger partial charge in [-0.05, 0) is 30.3 Å². The summed E-state index contributed by atoms with van der Waals surface area (Å²) in [5, 5.41) is 3.25. The molecule has 5 heteroatoms. The van der Waals surface area contributed by atoms with Crippen LogP contribution in [0.5, 0.6) is 5.75 Å². The van der Waals surface area contributed by atoms with E-state index in [0.717, 1.165) is 0 Å². The van der Waals surface area contributed by atoms with E-state index in [1.807, 2.05) is 0 Å². The van der Waals surface area contributed by atoms with Crippen LogP contribution < -0.4 is 15.8 Å². The number of halogens is 2. The third kappa shape index (κ3) is 2.65. The highest BCUT2D eigenvalue weighted by Gasteiger charge is 2.06. The van der Waals surface area contributed by atoms with Gasteiger partial charge in [0.1, 0.15) is 11.6 Å². The van der Waals surface area contributed by atoms with Crippen molar-refractivity contribution in [3.63, 3.8) is 0 Å². The fraction of sp³-hybridized carbons (Fsp3) is 0.0769. The van der Waals surface area contributed by atoms with E-state index in [-0.39, 0.29) is 0 Å². The molecule has 94 valence electrons. The predicted octanol–water partition coefficient (Wildman–Crippen LogP) is 3.81. The van der Waals surface area contributed by atoms with Crippen molar-refractivity contribution in [2.75, 3.05) is 18.2 Å². The molecule has 18 heavy (non-hydrogen) atoms. The highest BCUT2D eigenvalue weighted by atomic mass is 35.5. The molecule has 0 aromatic heterocycles. The predicted molar refractivity (Wildman–Crippen MR) is 72.1 cm³/mol. The normalized spacial score (nSPS) is 10.2. The van der Waals surface area contributed by atoms with Gasteiger partial charge in [0.2, 0.25) is 0 Å². The van der Waals surface area contributed by atoms with Gasteiger partial charge in [0, 0.05) is 11.1 Å². The van der Waals surface area contributed by atoms with Gasteiger partial charge in [0.05, 0.1) is 24.2 Å². The maximum atomic E-state index is 13.6. The molecule has 2 aromatic carbocycles. The summed E-state index contributed by atoms with van der Waals surface area (Å²) in [4.78, 5) is 0. The first-order valence-corrected chi connectivity index (χ1v) is 5.63.